The number of hydrogen-bond acceptors (Lipinski definition) is 0. The Morgan fingerprint density at radius 1 is 2.00 bits per heavy atom. The average molecular weight is 84.2 g/mol. The summed E-state index contributed by atoms with van der Waals surface area (Å²) < 4.78 is 0. The summed E-state index contributed by atoms with van der Waals surface area (Å²) in [6, 6.07) is 0. The standard InChI is InChI=1S/C3H6.Ca.2H/c1-3-2;;;/h3H,1H2,2H3;;;/q;+2;2*-1. The van der Waals surface area contributed by atoms with Crippen LogP contribution >= 0.6 is 0 Å². The van der Waals surface area contributed by atoms with Crippen LogP contribution in [0.4, 0.5) is 0 Å². The first kappa shape index (κ1) is 8.89. The van der Waals surface area contributed by atoms with Gasteiger partial charge in [0.2, 0.25) is 0 Å². The molecule has 1 heteroatoms. The van der Waals surface area contributed by atoms with Gasteiger partial charge >= 0.3 is 37.7 Å². The summed E-state index contributed by atoms with van der Waals surface area (Å²) in [6.45, 7) is 5.25. The van der Waals surface area contributed by atoms with Gasteiger partial charge in [0.1, 0.15) is 0 Å². The van der Waals surface area contributed by atoms with Crippen LogP contribution in [-0.4, -0.2) is 37.7 Å². The first-order valence-corrected chi connectivity index (χ1v) is 0.986. The molecule has 0 aromatic rings. The third-order valence-electron chi connectivity index (χ3n) is 0. The molecule has 0 rings (SSSR count). The van der Waals surface area contributed by atoms with Crippen molar-refractivity contribution in [2.75, 3.05) is 0 Å². The fourth-order valence-electron chi connectivity index (χ4n) is 0. The van der Waals surface area contributed by atoms with Crippen molar-refractivity contribution in [1.29, 1.82) is 0 Å². The third kappa shape index (κ3) is 12.0. The van der Waals surface area contributed by atoms with Gasteiger partial charge in [0.05, 0.1) is 0 Å². The van der Waals surface area contributed by atoms with Crippen LogP contribution in [0.25, 0.3) is 0 Å². The Morgan fingerprint density at radius 3 is 2.00 bits per heavy atom. The summed E-state index contributed by atoms with van der Waals surface area (Å²) in [5, 5.41) is 0. The average Bonchev–Trinajstić information content (AvgIpc) is 0.918. The monoisotopic (exact) mass is 84.0 g/mol. The molecule has 0 saturated heterocycles. The molecule has 0 aliphatic rings. The number of hydrogen-bond donors (Lipinski definition) is 0. The first-order chi connectivity index (χ1) is 1.41. The molecule has 0 saturated carbocycles. The summed E-state index contributed by atoms with van der Waals surface area (Å²) in [5.74, 6) is 0. The van der Waals surface area contributed by atoms with Gasteiger partial charge in [0, 0.05) is 0 Å². The van der Waals surface area contributed by atoms with E-state index in [1.165, 1.54) is 0 Å². The maximum absolute atomic E-state index is 3.36. The molecule has 0 aromatic carbocycles. The fraction of sp³-hybridized carbons (Fsp3) is 0.333. The molecule has 4 heavy (non-hydrogen) atoms. The summed E-state index contributed by atoms with van der Waals surface area (Å²) in [4.78, 5) is 0. The van der Waals surface area contributed by atoms with Gasteiger partial charge in [-0.3, -0.25) is 0 Å². The van der Waals surface area contributed by atoms with Crippen molar-refractivity contribution in [3.05, 3.63) is 12.7 Å². The van der Waals surface area contributed by atoms with Gasteiger partial charge < -0.3 is 2.85 Å². The van der Waals surface area contributed by atoms with Crippen LogP contribution in [-0.2, 0) is 0 Å². The second kappa shape index (κ2) is 9.00. The quantitative estimate of drug-likeness (QED) is 0.304. The molecule has 0 fully saturated rings. The number of rotatable bonds is 0. The van der Waals surface area contributed by atoms with Crippen LogP contribution in [0, 0.1) is 0 Å². The third-order valence-corrected chi connectivity index (χ3v) is 0. The molecule has 0 amide bonds. The Balaban J connectivity index is -0.00000000667. The molecular formula is C3H8Ca. The normalized spacial score (nSPS) is 3.25. The van der Waals surface area contributed by atoms with Crippen LogP contribution in [0.2, 0.25) is 0 Å². The molecule has 0 bridgehead atoms. The Morgan fingerprint density at radius 2 is 2.00 bits per heavy atom. The zero-order valence-electron chi connectivity index (χ0n) is 4.99. The van der Waals surface area contributed by atoms with E-state index in [1.807, 2.05) is 6.92 Å². The topological polar surface area (TPSA) is 0 Å². The molecular weight excluding hydrogens is 76.1 g/mol. The minimum Gasteiger partial charge on any atom is -1.00 e. The van der Waals surface area contributed by atoms with Gasteiger partial charge in [-0.05, 0) is 6.92 Å². The van der Waals surface area contributed by atoms with Crippen molar-refractivity contribution in [3.8, 4) is 0 Å². The van der Waals surface area contributed by atoms with Gasteiger partial charge in [-0.15, -0.1) is 6.58 Å². The maximum Gasteiger partial charge on any atom is 2.00 e. The SMILES string of the molecule is C=CC.[Ca+2].[H-].[H-]. The van der Waals surface area contributed by atoms with Crippen LogP contribution in [0.1, 0.15) is 9.78 Å². The Hall–Kier alpha value is 1.000. The molecule has 22 valence electrons. The zero-order chi connectivity index (χ0) is 2.71. The predicted octanol–water partition coefficient (Wildman–Crippen LogP) is 1.04. The van der Waals surface area contributed by atoms with Crippen LogP contribution in [0.15, 0.2) is 12.7 Å². The van der Waals surface area contributed by atoms with E-state index < -0.39 is 0 Å². The summed E-state index contributed by atoms with van der Waals surface area (Å²) in [5.41, 5.74) is 0. The van der Waals surface area contributed by atoms with E-state index in [-0.39, 0.29) is 40.6 Å². The number of allylic oxidation sites excluding steroid dienone is 1. The molecule has 0 spiro atoms. The van der Waals surface area contributed by atoms with Gasteiger partial charge in [0.15, 0.2) is 0 Å². The summed E-state index contributed by atoms with van der Waals surface area (Å²) in [7, 11) is 0. The van der Waals surface area contributed by atoms with Gasteiger partial charge in [-0.2, -0.15) is 0 Å². The van der Waals surface area contributed by atoms with E-state index in [2.05, 4.69) is 6.58 Å². The Kier molecular flexibility index (Phi) is 20.0. The molecule has 0 N–H and O–H groups in total. The molecule has 0 nitrogen and oxygen atoms in total. The van der Waals surface area contributed by atoms with Crippen LogP contribution in [0.5, 0.6) is 0 Å². The Labute approximate surface area is 59.9 Å². The predicted molar refractivity (Wildman–Crippen MR) is 23.8 cm³/mol. The first-order valence-electron chi connectivity index (χ1n) is 0.986. The van der Waals surface area contributed by atoms with E-state index in [4.69, 9.17) is 0 Å². The van der Waals surface area contributed by atoms with Gasteiger partial charge in [0.25, 0.3) is 0 Å². The van der Waals surface area contributed by atoms with Crippen LogP contribution in [0.3, 0.4) is 0 Å². The summed E-state index contributed by atoms with van der Waals surface area (Å²) in [6.07, 6.45) is 1.75. The summed E-state index contributed by atoms with van der Waals surface area (Å²) >= 11 is 0. The smallest absolute Gasteiger partial charge is 1.00 e. The Bertz CT molecular complexity index is 16.3. The largest absolute Gasteiger partial charge is 2.00 e. The van der Waals surface area contributed by atoms with Crippen molar-refractivity contribution in [2.45, 2.75) is 6.92 Å². The van der Waals surface area contributed by atoms with Crippen molar-refractivity contribution < 1.29 is 2.85 Å². The molecule has 0 atom stereocenters. The minimum absolute atomic E-state index is 0. The van der Waals surface area contributed by atoms with Crippen LogP contribution < -0.4 is 0 Å². The van der Waals surface area contributed by atoms with Crippen molar-refractivity contribution in [2.24, 2.45) is 0 Å². The van der Waals surface area contributed by atoms with E-state index in [0.717, 1.165) is 0 Å². The van der Waals surface area contributed by atoms with E-state index in [0.29, 0.717) is 0 Å². The van der Waals surface area contributed by atoms with Crippen molar-refractivity contribution >= 4 is 37.7 Å². The molecule has 0 aliphatic heterocycles. The van der Waals surface area contributed by atoms with Gasteiger partial charge in [-0.1, -0.05) is 6.08 Å². The maximum atomic E-state index is 3.36. The van der Waals surface area contributed by atoms with Crippen molar-refractivity contribution in [1.82, 2.24) is 0 Å². The molecule has 0 unspecified atom stereocenters. The van der Waals surface area contributed by atoms with Crippen molar-refractivity contribution in [3.63, 3.8) is 0 Å². The second-order valence-electron chi connectivity index (χ2n) is 0.408. The molecule has 0 aromatic heterocycles. The fourth-order valence-corrected chi connectivity index (χ4v) is 0. The molecule has 0 heterocycles. The van der Waals surface area contributed by atoms with E-state index in [1.54, 1.807) is 6.08 Å². The zero-order valence-corrected chi connectivity index (χ0v) is 5.20. The molecule has 0 radical (unpaired) electrons. The molecule has 0 aliphatic carbocycles. The van der Waals surface area contributed by atoms with E-state index in [9.17, 15) is 0 Å². The van der Waals surface area contributed by atoms with E-state index >= 15 is 0 Å². The minimum atomic E-state index is 0. The van der Waals surface area contributed by atoms with Gasteiger partial charge in [-0.25, -0.2) is 0 Å². The second-order valence-corrected chi connectivity index (χ2v) is 0.408.